The molecule has 0 aromatic carbocycles. The molecule has 4 nitrogen and oxygen atoms in total. The zero-order valence-electron chi connectivity index (χ0n) is 12.1. The van der Waals surface area contributed by atoms with E-state index in [2.05, 4.69) is 19.0 Å². The second kappa shape index (κ2) is 3.60. The summed E-state index contributed by atoms with van der Waals surface area (Å²) in [6.07, 6.45) is 0.336. The summed E-state index contributed by atoms with van der Waals surface area (Å²) in [6.45, 7) is 8.27. The maximum Gasteiger partial charge on any atom is 0.162 e. The molecule has 4 bridgehead atoms. The third-order valence-electron chi connectivity index (χ3n) is 6.27. The molecule has 0 aromatic heterocycles. The number of oxime groups is 1. The lowest BCUT2D eigenvalue weighted by Crippen LogP contribution is -2.67. The van der Waals surface area contributed by atoms with Gasteiger partial charge in [-0.2, -0.15) is 0 Å². The standard InChI is InChI=1S/C15H23NO3/c1-7-5-8(16-19)11-12-10(7)15(11,4)6-9(17)13(18)14(12,2)3/h7,10-13,18-19H,5-6H2,1-4H3/b16-8+/t7-,10+,11-,12+,13-,15-/m1/s1. The van der Waals surface area contributed by atoms with Gasteiger partial charge in [-0.1, -0.05) is 32.9 Å². The number of ketones is 1. The predicted octanol–water partition coefficient (Wildman–Crippen LogP) is 2.08. The van der Waals surface area contributed by atoms with E-state index in [0.29, 0.717) is 18.3 Å². The Morgan fingerprint density at radius 2 is 1.89 bits per heavy atom. The molecular formula is C15H23NO3. The van der Waals surface area contributed by atoms with E-state index in [1.165, 1.54) is 0 Å². The predicted molar refractivity (Wildman–Crippen MR) is 71.0 cm³/mol. The number of rotatable bonds is 0. The number of nitrogens with zero attached hydrogens (tertiary/aromatic N) is 1. The van der Waals surface area contributed by atoms with Gasteiger partial charge in [-0.25, -0.2) is 0 Å². The Kier molecular flexibility index (Phi) is 2.48. The zero-order chi connectivity index (χ0) is 14.2. The highest BCUT2D eigenvalue weighted by Gasteiger charge is 2.72. The van der Waals surface area contributed by atoms with Crippen molar-refractivity contribution < 1.29 is 15.1 Å². The largest absolute Gasteiger partial charge is 0.411 e. The molecule has 0 aliphatic heterocycles. The summed E-state index contributed by atoms with van der Waals surface area (Å²) in [5, 5.41) is 23.2. The van der Waals surface area contributed by atoms with Crippen molar-refractivity contribution in [2.45, 2.75) is 46.6 Å². The zero-order valence-corrected chi connectivity index (χ0v) is 12.1. The summed E-state index contributed by atoms with van der Waals surface area (Å²) in [7, 11) is 0. The van der Waals surface area contributed by atoms with Crippen LogP contribution in [-0.4, -0.2) is 27.9 Å². The minimum Gasteiger partial charge on any atom is -0.411 e. The lowest BCUT2D eigenvalue weighted by Gasteiger charge is -2.68. The molecule has 4 fully saturated rings. The Morgan fingerprint density at radius 3 is 2.47 bits per heavy atom. The van der Waals surface area contributed by atoms with Crippen LogP contribution in [-0.2, 0) is 4.79 Å². The van der Waals surface area contributed by atoms with E-state index < -0.39 is 11.5 Å². The molecule has 4 heteroatoms. The molecule has 4 saturated carbocycles. The molecule has 19 heavy (non-hydrogen) atoms. The summed E-state index contributed by atoms with van der Waals surface area (Å²) < 4.78 is 0. The molecule has 6 atom stereocenters. The average molecular weight is 265 g/mol. The summed E-state index contributed by atoms with van der Waals surface area (Å²) in [5.41, 5.74) is 0.264. The van der Waals surface area contributed by atoms with Crippen LogP contribution < -0.4 is 0 Å². The maximum atomic E-state index is 12.3. The third-order valence-corrected chi connectivity index (χ3v) is 6.27. The van der Waals surface area contributed by atoms with Gasteiger partial charge in [0.05, 0.1) is 5.71 Å². The number of aliphatic hydroxyl groups excluding tert-OH is 1. The molecule has 0 radical (unpaired) electrons. The molecule has 0 heterocycles. The molecule has 0 spiro atoms. The van der Waals surface area contributed by atoms with E-state index in [4.69, 9.17) is 0 Å². The quantitative estimate of drug-likeness (QED) is 0.520. The second-order valence-corrected chi connectivity index (χ2v) is 7.67. The number of hydrogen-bond donors (Lipinski definition) is 2. The van der Waals surface area contributed by atoms with Crippen molar-refractivity contribution in [3.05, 3.63) is 0 Å². The van der Waals surface area contributed by atoms with Gasteiger partial charge in [-0.05, 0) is 29.6 Å². The smallest absolute Gasteiger partial charge is 0.162 e. The number of fused-ring (bicyclic) bond motifs is 2. The van der Waals surface area contributed by atoms with Crippen LogP contribution >= 0.6 is 0 Å². The molecule has 4 rings (SSSR count). The van der Waals surface area contributed by atoms with Crippen LogP contribution in [0, 0.1) is 34.5 Å². The lowest BCUT2D eigenvalue weighted by atomic mass is 9.35. The Labute approximate surface area is 113 Å². The highest BCUT2D eigenvalue weighted by molar-refractivity contribution is 5.94. The van der Waals surface area contributed by atoms with Crippen LogP contribution in [0.15, 0.2) is 5.16 Å². The van der Waals surface area contributed by atoms with Crippen LogP contribution in [0.1, 0.15) is 40.5 Å². The van der Waals surface area contributed by atoms with Crippen molar-refractivity contribution in [1.29, 1.82) is 0 Å². The fourth-order valence-corrected chi connectivity index (χ4v) is 5.58. The van der Waals surface area contributed by atoms with Gasteiger partial charge < -0.3 is 10.3 Å². The van der Waals surface area contributed by atoms with Gasteiger partial charge in [0.25, 0.3) is 0 Å². The first-order valence-electron chi connectivity index (χ1n) is 7.16. The molecule has 0 amide bonds. The number of carbonyl (C=O) groups is 1. The SMILES string of the molecule is C[C@@H]1C/C(=N\O)[C@@H]2[C@@H]3[C@H]1[C@@]2(C)CC(=O)[C@@H](O)C3(C)C. The van der Waals surface area contributed by atoms with E-state index in [1.807, 2.05) is 13.8 Å². The van der Waals surface area contributed by atoms with Gasteiger partial charge in [-0.15, -0.1) is 0 Å². The molecule has 0 unspecified atom stereocenters. The fraction of sp³-hybridized carbons (Fsp3) is 0.867. The molecule has 4 aliphatic carbocycles. The normalized spacial score (nSPS) is 53.6. The van der Waals surface area contributed by atoms with Crippen LogP contribution in [0.2, 0.25) is 0 Å². The van der Waals surface area contributed by atoms with Gasteiger partial charge in [0.1, 0.15) is 6.10 Å². The van der Waals surface area contributed by atoms with Crippen LogP contribution in [0.5, 0.6) is 0 Å². The minimum atomic E-state index is -0.892. The van der Waals surface area contributed by atoms with E-state index in [1.54, 1.807) is 0 Å². The maximum absolute atomic E-state index is 12.3. The Bertz CT molecular complexity index is 470. The van der Waals surface area contributed by atoms with Crippen molar-refractivity contribution in [2.24, 2.45) is 39.7 Å². The number of Topliss-reactive ketones (excluding diaryl/α,β-unsaturated/α-hetero) is 1. The van der Waals surface area contributed by atoms with Crippen LogP contribution in [0.3, 0.4) is 0 Å². The number of aliphatic hydroxyl groups is 1. The van der Waals surface area contributed by atoms with Crippen LogP contribution in [0.4, 0.5) is 0 Å². The van der Waals surface area contributed by atoms with Gasteiger partial charge in [0.2, 0.25) is 0 Å². The first-order chi connectivity index (χ1) is 8.75. The van der Waals surface area contributed by atoms with Gasteiger partial charge in [0, 0.05) is 17.8 Å². The molecule has 4 aliphatic rings. The van der Waals surface area contributed by atoms with E-state index in [0.717, 1.165) is 12.1 Å². The van der Waals surface area contributed by atoms with Crippen molar-refractivity contribution in [3.8, 4) is 0 Å². The topological polar surface area (TPSA) is 69.9 Å². The molecule has 0 aromatic rings. The second-order valence-electron chi connectivity index (χ2n) is 7.67. The van der Waals surface area contributed by atoms with E-state index >= 15 is 0 Å². The monoisotopic (exact) mass is 265 g/mol. The summed E-state index contributed by atoms with van der Waals surface area (Å²) >= 11 is 0. The molecule has 2 N–H and O–H groups in total. The highest BCUT2D eigenvalue weighted by atomic mass is 16.4. The number of hydrogen-bond acceptors (Lipinski definition) is 4. The Morgan fingerprint density at radius 1 is 1.26 bits per heavy atom. The third kappa shape index (κ3) is 1.33. The van der Waals surface area contributed by atoms with Crippen molar-refractivity contribution in [2.75, 3.05) is 0 Å². The van der Waals surface area contributed by atoms with Crippen molar-refractivity contribution in [1.82, 2.24) is 0 Å². The fourth-order valence-electron chi connectivity index (χ4n) is 5.58. The van der Waals surface area contributed by atoms with Crippen molar-refractivity contribution >= 4 is 11.5 Å². The van der Waals surface area contributed by atoms with E-state index in [-0.39, 0.29) is 23.0 Å². The molecule has 0 saturated heterocycles. The summed E-state index contributed by atoms with van der Waals surface area (Å²) in [6, 6.07) is 0. The summed E-state index contributed by atoms with van der Waals surface area (Å²) in [4.78, 5) is 12.3. The Balaban J connectivity index is 2.15. The summed E-state index contributed by atoms with van der Waals surface area (Å²) in [5.74, 6) is 1.19. The van der Waals surface area contributed by atoms with E-state index in [9.17, 15) is 15.1 Å². The van der Waals surface area contributed by atoms with Gasteiger partial charge in [-0.3, -0.25) is 4.79 Å². The lowest BCUT2D eigenvalue weighted by molar-refractivity contribution is -0.169. The van der Waals surface area contributed by atoms with Crippen molar-refractivity contribution in [3.63, 3.8) is 0 Å². The average Bonchev–Trinajstić information content (AvgIpc) is 2.42. The highest BCUT2D eigenvalue weighted by Crippen LogP contribution is 2.72. The van der Waals surface area contributed by atoms with Crippen LogP contribution in [0.25, 0.3) is 0 Å². The van der Waals surface area contributed by atoms with Gasteiger partial charge in [0.15, 0.2) is 5.78 Å². The van der Waals surface area contributed by atoms with Gasteiger partial charge >= 0.3 is 0 Å². The number of carbonyl (C=O) groups excluding carboxylic acids is 1. The minimum absolute atomic E-state index is 0.0473. The first-order valence-corrected chi connectivity index (χ1v) is 7.16. The molecule has 106 valence electrons. The first kappa shape index (κ1) is 13.1. The Hall–Kier alpha value is -0.900. The molecular weight excluding hydrogens is 242 g/mol.